The minimum Gasteiger partial charge on any atom is -0.453 e. The first kappa shape index (κ1) is 20.7. The van der Waals surface area contributed by atoms with Gasteiger partial charge in [-0.25, -0.2) is 4.79 Å². The highest BCUT2D eigenvalue weighted by atomic mass is 35.5. The molecular weight excluding hydrogens is 374 g/mol. The molecule has 1 saturated carbocycles. The molecule has 150 valence electrons. The van der Waals surface area contributed by atoms with Crippen LogP contribution in [0.15, 0.2) is 48.5 Å². The number of carbonyl (C=O) groups is 1. The molecule has 5 heteroatoms. The summed E-state index contributed by atoms with van der Waals surface area (Å²) in [4.78, 5) is 11.3. The molecule has 0 bridgehead atoms. The number of carbonyl (C=O) groups excluding carboxylic acids is 1. The van der Waals surface area contributed by atoms with Gasteiger partial charge in [-0.3, -0.25) is 0 Å². The van der Waals surface area contributed by atoms with Crippen LogP contribution in [0, 0.1) is 0 Å². The first-order valence-corrected chi connectivity index (χ1v) is 10.3. The van der Waals surface area contributed by atoms with Crippen LogP contribution in [0.2, 0.25) is 5.02 Å². The molecule has 0 saturated heterocycles. The third-order valence-corrected chi connectivity index (χ3v) is 5.52. The van der Waals surface area contributed by atoms with Crippen molar-refractivity contribution in [2.75, 3.05) is 20.3 Å². The molecule has 1 fully saturated rings. The first-order chi connectivity index (χ1) is 13.7. The zero-order valence-electron chi connectivity index (χ0n) is 16.3. The summed E-state index contributed by atoms with van der Waals surface area (Å²) < 4.78 is 10.8. The van der Waals surface area contributed by atoms with E-state index in [1.165, 1.54) is 44.8 Å². The molecule has 2 aromatic carbocycles. The van der Waals surface area contributed by atoms with Crippen LogP contribution in [-0.4, -0.2) is 26.4 Å². The molecule has 3 rings (SSSR count). The van der Waals surface area contributed by atoms with E-state index >= 15 is 0 Å². The molecule has 1 amide bonds. The number of amides is 1. The van der Waals surface area contributed by atoms with Crippen molar-refractivity contribution in [1.29, 1.82) is 0 Å². The quantitative estimate of drug-likeness (QED) is 0.592. The molecule has 4 nitrogen and oxygen atoms in total. The lowest BCUT2D eigenvalue weighted by Gasteiger charge is -2.24. The van der Waals surface area contributed by atoms with Gasteiger partial charge in [0, 0.05) is 11.6 Å². The zero-order chi connectivity index (χ0) is 19.8. The summed E-state index contributed by atoms with van der Waals surface area (Å²) in [7, 11) is 1.35. The van der Waals surface area contributed by atoms with Crippen molar-refractivity contribution in [1.82, 2.24) is 5.32 Å². The first-order valence-electron chi connectivity index (χ1n) is 9.96. The van der Waals surface area contributed by atoms with E-state index in [0.717, 1.165) is 11.1 Å². The van der Waals surface area contributed by atoms with E-state index in [4.69, 9.17) is 16.3 Å². The van der Waals surface area contributed by atoms with Crippen LogP contribution in [0.25, 0.3) is 0 Å². The number of hydrogen-bond acceptors (Lipinski definition) is 3. The summed E-state index contributed by atoms with van der Waals surface area (Å²) in [5.74, 6) is 0.634. The van der Waals surface area contributed by atoms with Crippen LogP contribution in [0.4, 0.5) is 4.79 Å². The van der Waals surface area contributed by atoms with Crippen LogP contribution >= 0.6 is 11.6 Å². The van der Waals surface area contributed by atoms with Crippen molar-refractivity contribution in [2.45, 2.75) is 44.1 Å². The highest BCUT2D eigenvalue weighted by Crippen LogP contribution is 2.35. The Bertz CT molecular complexity index is 774. The Hall–Kier alpha value is -2.04. The zero-order valence-corrected chi connectivity index (χ0v) is 17.1. The van der Waals surface area contributed by atoms with Crippen LogP contribution < -0.4 is 5.32 Å². The number of ether oxygens (including phenoxy) is 2. The topological polar surface area (TPSA) is 47.6 Å². The predicted octanol–water partition coefficient (Wildman–Crippen LogP) is 5.85. The van der Waals surface area contributed by atoms with Gasteiger partial charge >= 0.3 is 6.09 Å². The predicted molar refractivity (Wildman–Crippen MR) is 112 cm³/mol. The standard InChI is InChI=1S/C23H28ClNO3/c1-27-23(26)25-13-14-28-22(20-11-6-12-21(24)16-20)19-10-5-9-18(15-19)17-7-3-2-4-8-17/h5-6,9-12,15-17,22H,2-4,7-8,13-14H2,1H3,(H,25,26). The van der Waals surface area contributed by atoms with Crippen LogP contribution in [0.1, 0.15) is 60.8 Å². The Kier molecular flexibility index (Phi) is 7.75. The monoisotopic (exact) mass is 401 g/mol. The fourth-order valence-electron chi connectivity index (χ4n) is 3.87. The Morgan fingerprint density at radius 3 is 2.54 bits per heavy atom. The van der Waals surface area contributed by atoms with Gasteiger partial charge in [-0.05, 0) is 47.6 Å². The largest absolute Gasteiger partial charge is 0.453 e. The number of nitrogens with one attached hydrogen (secondary N) is 1. The molecule has 0 aliphatic heterocycles. The second-order valence-corrected chi connectivity index (χ2v) is 7.67. The maximum absolute atomic E-state index is 11.3. The molecule has 2 aromatic rings. The molecule has 28 heavy (non-hydrogen) atoms. The normalized spacial score (nSPS) is 15.8. The Morgan fingerprint density at radius 1 is 1.11 bits per heavy atom. The molecule has 0 spiro atoms. The average molecular weight is 402 g/mol. The van der Waals surface area contributed by atoms with E-state index in [1.54, 1.807) is 0 Å². The maximum Gasteiger partial charge on any atom is 0.406 e. The summed E-state index contributed by atoms with van der Waals surface area (Å²) in [6.45, 7) is 0.756. The molecule has 0 heterocycles. The second kappa shape index (κ2) is 10.5. The number of alkyl carbamates (subject to hydrolysis) is 1. The lowest BCUT2D eigenvalue weighted by Crippen LogP contribution is -2.27. The number of methoxy groups -OCH3 is 1. The van der Waals surface area contributed by atoms with Gasteiger partial charge in [0.15, 0.2) is 0 Å². The van der Waals surface area contributed by atoms with Crippen LogP contribution in [0.3, 0.4) is 0 Å². The van der Waals surface area contributed by atoms with E-state index in [9.17, 15) is 4.79 Å². The van der Waals surface area contributed by atoms with Gasteiger partial charge in [0.05, 0.1) is 13.7 Å². The third kappa shape index (κ3) is 5.73. The van der Waals surface area contributed by atoms with Gasteiger partial charge in [0.2, 0.25) is 0 Å². The fourth-order valence-corrected chi connectivity index (χ4v) is 4.07. The Morgan fingerprint density at radius 2 is 1.82 bits per heavy atom. The van der Waals surface area contributed by atoms with Crippen molar-refractivity contribution in [3.63, 3.8) is 0 Å². The maximum atomic E-state index is 11.3. The molecular formula is C23H28ClNO3. The average Bonchev–Trinajstić information content (AvgIpc) is 2.74. The second-order valence-electron chi connectivity index (χ2n) is 7.23. The van der Waals surface area contributed by atoms with Crippen molar-refractivity contribution in [3.05, 3.63) is 70.2 Å². The smallest absolute Gasteiger partial charge is 0.406 e. The summed E-state index contributed by atoms with van der Waals surface area (Å²) in [5, 5.41) is 3.34. The molecule has 1 unspecified atom stereocenters. The lowest BCUT2D eigenvalue weighted by molar-refractivity contribution is 0.0805. The minimum absolute atomic E-state index is 0.235. The van der Waals surface area contributed by atoms with Gasteiger partial charge in [0.25, 0.3) is 0 Å². The van der Waals surface area contributed by atoms with E-state index in [0.29, 0.717) is 24.1 Å². The van der Waals surface area contributed by atoms with Crippen molar-refractivity contribution >= 4 is 17.7 Å². The molecule has 0 aromatic heterocycles. The van der Waals surface area contributed by atoms with Crippen molar-refractivity contribution < 1.29 is 14.3 Å². The number of halogens is 1. The van der Waals surface area contributed by atoms with Crippen molar-refractivity contribution in [3.8, 4) is 0 Å². The lowest BCUT2D eigenvalue weighted by atomic mass is 9.83. The van der Waals surface area contributed by atoms with E-state index in [1.807, 2.05) is 24.3 Å². The third-order valence-electron chi connectivity index (χ3n) is 5.28. The minimum atomic E-state index is -0.456. The highest BCUT2D eigenvalue weighted by molar-refractivity contribution is 6.30. The van der Waals surface area contributed by atoms with E-state index < -0.39 is 6.09 Å². The Labute approximate surface area is 172 Å². The summed E-state index contributed by atoms with van der Waals surface area (Å²) >= 11 is 6.22. The van der Waals surface area contributed by atoms with Gasteiger partial charge < -0.3 is 14.8 Å². The van der Waals surface area contributed by atoms with Crippen LogP contribution in [0.5, 0.6) is 0 Å². The molecule has 1 aliphatic rings. The SMILES string of the molecule is COC(=O)NCCOC(c1cccc(Cl)c1)c1cccc(C2CCCCC2)c1. The molecule has 1 atom stereocenters. The number of benzene rings is 2. The number of hydrogen-bond donors (Lipinski definition) is 1. The summed E-state index contributed by atoms with van der Waals surface area (Å²) in [6.07, 6.45) is 5.79. The van der Waals surface area contributed by atoms with E-state index in [2.05, 4.69) is 34.3 Å². The molecule has 1 N–H and O–H groups in total. The van der Waals surface area contributed by atoms with E-state index in [-0.39, 0.29) is 6.10 Å². The van der Waals surface area contributed by atoms with Gasteiger partial charge in [-0.1, -0.05) is 67.3 Å². The highest BCUT2D eigenvalue weighted by Gasteiger charge is 2.19. The summed E-state index contributed by atoms with van der Waals surface area (Å²) in [5.41, 5.74) is 3.51. The van der Waals surface area contributed by atoms with Gasteiger partial charge in [-0.15, -0.1) is 0 Å². The fraction of sp³-hybridized carbons (Fsp3) is 0.435. The van der Waals surface area contributed by atoms with Gasteiger partial charge in [-0.2, -0.15) is 0 Å². The van der Waals surface area contributed by atoms with Gasteiger partial charge in [0.1, 0.15) is 6.10 Å². The molecule has 0 radical (unpaired) electrons. The Balaban J connectivity index is 1.78. The summed E-state index contributed by atoms with van der Waals surface area (Å²) in [6, 6.07) is 16.5. The van der Waals surface area contributed by atoms with Crippen LogP contribution in [-0.2, 0) is 9.47 Å². The van der Waals surface area contributed by atoms with Crippen molar-refractivity contribution in [2.24, 2.45) is 0 Å². The molecule has 1 aliphatic carbocycles. The number of rotatable bonds is 7.